The molecule has 1 aliphatic heterocycles. The minimum absolute atomic E-state index is 0.0760. The molecule has 4 atom stereocenters. The second-order valence-electron chi connectivity index (χ2n) is 6.76. The zero-order valence-corrected chi connectivity index (χ0v) is 14.7. The van der Waals surface area contributed by atoms with Crippen molar-refractivity contribution in [1.82, 2.24) is 5.01 Å². The van der Waals surface area contributed by atoms with E-state index in [1.165, 1.54) is 26.4 Å². The van der Waals surface area contributed by atoms with Crippen LogP contribution in [0, 0.1) is 33.8 Å². The Labute approximate surface area is 154 Å². The number of nitrogens with zero attached hydrogens (tertiary/aromatic N) is 3. The standard InChI is InChI=1S/C18H17N3O6/c1-26-13-6-11(12(21(24)25)7-14(13)27-2)8-19-20-17(22)15-9-3-4-10(5-9)16(15)18(20)23/h3-4,6-10,15-16H,5H2,1-2H3/b19-8-/t9-,10+,15-,16+. The first-order valence-corrected chi connectivity index (χ1v) is 8.46. The zero-order chi connectivity index (χ0) is 19.3. The molecule has 3 aliphatic rings. The first-order chi connectivity index (χ1) is 13.0. The Kier molecular flexibility index (Phi) is 3.94. The monoisotopic (exact) mass is 371 g/mol. The lowest BCUT2D eigenvalue weighted by Gasteiger charge is -2.13. The Balaban J connectivity index is 1.66. The van der Waals surface area contributed by atoms with Gasteiger partial charge in [0.15, 0.2) is 11.5 Å². The smallest absolute Gasteiger partial charge is 0.282 e. The summed E-state index contributed by atoms with van der Waals surface area (Å²) in [4.78, 5) is 36.0. The number of ether oxygens (including phenoxy) is 2. The largest absolute Gasteiger partial charge is 0.493 e. The summed E-state index contributed by atoms with van der Waals surface area (Å²) in [5.41, 5.74) is -0.158. The fourth-order valence-electron chi connectivity index (χ4n) is 4.27. The summed E-state index contributed by atoms with van der Waals surface area (Å²) in [5, 5.41) is 16.2. The molecule has 0 radical (unpaired) electrons. The predicted molar refractivity (Wildman–Crippen MR) is 93.4 cm³/mol. The first kappa shape index (κ1) is 17.2. The third-order valence-corrected chi connectivity index (χ3v) is 5.49. The van der Waals surface area contributed by atoms with Crippen molar-refractivity contribution in [3.8, 4) is 11.5 Å². The van der Waals surface area contributed by atoms with E-state index in [9.17, 15) is 19.7 Å². The van der Waals surface area contributed by atoms with Gasteiger partial charge >= 0.3 is 0 Å². The van der Waals surface area contributed by atoms with Gasteiger partial charge in [-0.05, 0) is 24.3 Å². The number of amides is 2. The second-order valence-corrected chi connectivity index (χ2v) is 6.76. The number of carbonyl (C=O) groups excluding carboxylic acids is 2. The molecule has 140 valence electrons. The molecule has 0 N–H and O–H groups in total. The molecule has 1 aromatic rings. The molecule has 0 aromatic heterocycles. The Morgan fingerprint density at radius 2 is 1.67 bits per heavy atom. The van der Waals surface area contributed by atoms with Crippen molar-refractivity contribution in [3.63, 3.8) is 0 Å². The van der Waals surface area contributed by atoms with Crippen LogP contribution in [-0.2, 0) is 9.59 Å². The first-order valence-electron chi connectivity index (χ1n) is 8.46. The van der Waals surface area contributed by atoms with Crippen molar-refractivity contribution in [3.05, 3.63) is 40.0 Å². The van der Waals surface area contributed by atoms with E-state index in [2.05, 4.69) is 5.10 Å². The summed E-state index contributed by atoms with van der Waals surface area (Å²) in [5.74, 6) is -0.800. The van der Waals surface area contributed by atoms with Crippen LogP contribution in [-0.4, -0.2) is 42.2 Å². The molecule has 1 saturated carbocycles. The van der Waals surface area contributed by atoms with Crippen LogP contribution in [0.25, 0.3) is 0 Å². The summed E-state index contributed by atoms with van der Waals surface area (Å²) in [7, 11) is 2.78. The average molecular weight is 371 g/mol. The summed E-state index contributed by atoms with van der Waals surface area (Å²) in [6, 6.07) is 2.60. The Morgan fingerprint density at radius 1 is 1.11 bits per heavy atom. The van der Waals surface area contributed by atoms with Crippen molar-refractivity contribution in [2.45, 2.75) is 6.42 Å². The number of nitro benzene ring substituents is 1. The van der Waals surface area contributed by atoms with Crippen LogP contribution in [0.2, 0.25) is 0 Å². The van der Waals surface area contributed by atoms with E-state index in [0.717, 1.165) is 17.6 Å². The molecule has 4 rings (SSSR count). The van der Waals surface area contributed by atoms with Gasteiger partial charge in [-0.3, -0.25) is 19.7 Å². The number of methoxy groups -OCH3 is 2. The maximum atomic E-state index is 12.6. The van der Waals surface area contributed by atoms with Gasteiger partial charge in [-0.1, -0.05) is 12.2 Å². The van der Waals surface area contributed by atoms with Gasteiger partial charge in [0, 0.05) is 0 Å². The molecule has 2 bridgehead atoms. The molecule has 9 nitrogen and oxygen atoms in total. The van der Waals surface area contributed by atoms with Crippen molar-refractivity contribution in [2.24, 2.45) is 28.8 Å². The summed E-state index contributed by atoms with van der Waals surface area (Å²) < 4.78 is 10.2. The van der Waals surface area contributed by atoms with E-state index >= 15 is 0 Å². The SMILES string of the molecule is COc1cc(/C=N\N2C(=O)[C@@H]3[C@H](C2=O)[C@@H]2C=C[C@H]3C2)c([N+](=O)[O-])cc1OC. The van der Waals surface area contributed by atoms with Gasteiger partial charge in [0.05, 0.1) is 48.8 Å². The highest BCUT2D eigenvalue weighted by molar-refractivity contribution is 6.07. The molecule has 0 spiro atoms. The molecule has 9 heteroatoms. The fraction of sp³-hybridized carbons (Fsp3) is 0.389. The third kappa shape index (κ3) is 2.49. The summed E-state index contributed by atoms with van der Waals surface area (Å²) >= 11 is 0. The van der Waals surface area contributed by atoms with E-state index in [4.69, 9.17) is 9.47 Å². The van der Waals surface area contributed by atoms with Gasteiger partial charge in [0.1, 0.15) is 0 Å². The zero-order valence-electron chi connectivity index (χ0n) is 14.7. The van der Waals surface area contributed by atoms with Crippen molar-refractivity contribution >= 4 is 23.7 Å². The molecule has 1 aromatic carbocycles. The minimum atomic E-state index is -0.587. The average Bonchev–Trinajstić information content (AvgIpc) is 3.34. The molecular weight excluding hydrogens is 354 g/mol. The van der Waals surface area contributed by atoms with E-state index in [-0.39, 0.29) is 58.2 Å². The fourth-order valence-corrected chi connectivity index (χ4v) is 4.27. The Bertz CT molecular complexity index is 879. The normalized spacial score (nSPS) is 28.3. The lowest BCUT2D eigenvalue weighted by atomic mass is 9.85. The van der Waals surface area contributed by atoms with Gasteiger partial charge in [-0.25, -0.2) is 0 Å². The second kappa shape index (κ2) is 6.19. The topological polar surface area (TPSA) is 111 Å². The number of fused-ring (bicyclic) bond motifs is 5. The number of hydrogen-bond acceptors (Lipinski definition) is 7. The summed E-state index contributed by atoms with van der Waals surface area (Å²) in [6.45, 7) is 0. The third-order valence-electron chi connectivity index (χ3n) is 5.49. The number of imide groups is 1. The predicted octanol–water partition coefficient (Wildman–Crippen LogP) is 1.75. The number of benzene rings is 1. The van der Waals surface area contributed by atoms with E-state index < -0.39 is 4.92 Å². The molecular formula is C18H17N3O6. The minimum Gasteiger partial charge on any atom is -0.493 e. The molecule has 1 saturated heterocycles. The van der Waals surface area contributed by atoms with Crippen LogP contribution in [0.1, 0.15) is 12.0 Å². The van der Waals surface area contributed by atoms with Crippen LogP contribution in [0.4, 0.5) is 5.69 Å². The number of rotatable bonds is 5. The van der Waals surface area contributed by atoms with Crippen LogP contribution < -0.4 is 9.47 Å². The van der Waals surface area contributed by atoms with E-state index in [1.807, 2.05) is 12.2 Å². The lowest BCUT2D eigenvalue weighted by molar-refractivity contribution is -0.385. The van der Waals surface area contributed by atoms with Crippen molar-refractivity contribution < 1.29 is 24.0 Å². The van der Waals surface area contributed by atoms with Gasteiger partial charge in [0.2, 0.25) is 0 Å². The van der Waals surface area contributed by atoms with Crippen LogP contribution in [0.3, 0.4) is 0 Å². The molecule has 1 heterocycles. The van der Waals surface area contributed by atoms with Gasteiger partial charge in [0.25, 0.3) is 17.5 Å². The molecule has 2 aliphatic carbocycles. The maximum absolute atomic E-state index is 12.6. The van der Waals surface area contributed by atoms with Gasteiger partial charge < -0.3 is 9.47 Å². The van der Waals surface area contributed by atoms with Crippen LogP contribution >= 0.6 is 0 Å². The van der Waals surface area contributed by atoms with Crippen molar-refractivity contribution in [1.29, 1.82) is 0 Å². The van der Waals surface area contributed by atoms with E-state index in [0.29, 0.717) is 0 Å². The van der Waals surface area contributed by atoms with E-state index in [1.54, 1.807) is 0 Å². The highest BCUT2D eigenvalue weighted by Crippen LogP contribution is 2.52. The van der Waals surface area contributed by atoms with Crippen molar-refractivity contribution in [2.75, 3.05) is 14.2 Å². The quantitative estimate of drug-likeness (QED) is 0.256. The lowest BCUT2D eigenvalue weighted by Crippen LogP contribution is -2.28. The molecule has 27 heavy (non-hydrogen) atoms. The van der Waals surface area contributed by atoms with Gasteiger partial charge in [-0.15, -0.1) is 0 Å². The summed E-state index contributed by atoms with van der Waals surface area (Å²) in [6.07, 6.45) is 5.95. The number of nitro groups is 1. The number of hydrazone groups is 1. The van der Waals surface area contributed by atoms with Crippen LogP contribution in [0.15, 0.2) is 29.4 Å². The van der Waals surface area contributed by atoms with Crippen LogP contribution in [0.5, 0.6) is 11.5 Å². The number of hydrogen-bond donors (Lipinski definition) is 0. The number of allylic oxidation sites excluding steroid dienone is 2. The van der Waals surface area contributed by atoms with Gasteiger partial charge in [-0.2, -0.15) is 10.1 Å². The Hall–Kier alpha value is -3.23. The molecule has 2 amide bonds. The Morgan fingerprint density at radius 3 is 2.19 bits per heavy atom. The molecule has 0 unspecified atom stereocenters. The number of carbonyl (C=O) groups is 2. The highest BCUT2D eigenvalue weighted by Gasteiger charge is 2.59. The highest BCUT2D eigenvalue weighted by atomic mass is 16.6. The molecule has 2 fully saturated rings. The maximum Gasteiger partial charge on any atom is 0.282 e.